The second-order valence-electron chi connectivity index (χ2n) is 8.40. The van der Waals surface area contributed by atoms with Gasteiger partial charge in [-0.05, 0) is 29.7 Å². The van der Waals surface area contributed by atoms with Gasteiger partial charge in [0.05, 0.1) is 19.7 Å². The topological polar surface area (TPSA) is 87.7 Å². The van der Waals surface area contributed by atoms with E-state index in [1.807, 2.05) is 67.6 Å². The van der Waals surface area contributed by atoms with Gasteiger partial charge in [-0.1, -0.05) is 73.7 Å². The van der Waals surface area contributed by atoms with Gasteiger partial charge in [0.15, 0.2) is 0 Å². The number of amides is 3. The molecule has 3 amide bonds. The van der Waals surface area contributed by atoms with Gasteiger partial charge in [-0.2, -0.15) is 0 Å². The van der Waals surface area contributed by atoms with Gasteiger partial charge in [-0.3, -0.25) is 14.4 Å². The normalized spacial score (nSPS) is 15.3. The van der Waals surface area contributed by atoms with Crippen LogP contribution in [0.4, 0.5) is 0 Å². The average molecular weight is 472 g/mol. The number of hydrogen-bond acceptors (Lipinski definition) is 4. The molecule has 3 aromatic carbocycles. The lowest BCUT2D eigenvalue weighted by Gasteiger charge is -2.25. The molecular weight excluding hydrogens is 442 g/mol. The van der Waals surface area contributed by atoms with E-state index in [0.29, 0.717) is 29.8 Å². The fourth-order valence-corrected chi connectivity index (χ4v) is 4.46. The fourth-order valence-electron chi connectivity index (χ4n) is 4.46. The molecule has 0 aromatic heterocycles. The summed E-state index contributed by atoms with van der Waals surface area (Å²) in [5, 5.41) is 5.70. The van der Waals surface area contributed by atoms with Crippen LogP contribution in [0.25, 0.3) is 0 Å². The maximum Gasteiger partial charge on any atom is 0.255 e. The molecule has 3 aromatic rings. The third kappa shape index (κ3) is 5.19. The third-order valence-electron chi connectivity index (χ3n) is 6.18. The highest BCUT2D eigenvalue weighted by atomic mass is 16.5. The van der Waals surface area contributed by atoms with Crippen molar-refractivity contribution >= 4 is 17.7 Å². The quantitative estimate of drug-likeness (QED) is 0.497. The number of rotatable bonds is 9. The SMILES string of the molecule is CCC(NC(=O)CNC(=O)C1c2ccccc2C(=O)N1Cc1ccccc1)c1ccccc1OC. The first-order chi connectivity index (χ1) is 17.0. The maximum atomic E-state index is 13.3. The Morgan fingerprint density at radius 2 is 1.66 bits per heavy atom. The Balaban J connectivity index is 1.46. The van der Waals surface area contributed by atoms with E-state index >= 15 is 0 Å². The van der Waals surface area contributed by atoms with Gasteiger partial charge in [-0.15, -0.1) is 0 Å². The molecule has 0 bridgehead atoms. The lowest BCUT2D eigenvalue weighted by Crippen LogP contribution is -2.43. The zero-order chi connectivity index (χ0) is 24.8. The first-order valence-electron chi connectivity index (χ1n) is 11.7. The number of hydrogen-bond donors (Lipinski definition) is 2. The van der Waals surface area contributed by atoms with Crippen molar-refractivity contribution in [2.45, 2.75) is 32.0 Å². The van der Waals surface area contributed by atoms with E-state index in [9.17, 15) is 14.4 Å². The molecule has 0 aliphatic carbocycles. The number of fused-ring (bicyclic) bond motifs is 1. The molecule has 1 aliphatic rings. The summed E-state index contributed by atoms with van der Waals surface area (Å²) in [7, 11) is 1.59. The second kappa shape index (κ2) is 10.9. The molecule has 2 unspecified atom stereocenters. The molecule has 0 radical (unpaired) electrons. The molecular formula is C28H29N3O4. The van der Waals surface area contributed by atoms with Crippen molar-refractivity contribution in [2.24, 2.45) is 0 Å². The Hall–Kier alpha value is -4.13. The molecule has 2 atom stereocenters. The molecule has 7 heteroatoms. The van der Waals surface area contributed by atoms with Crippen molar-refractivity contribution in [3.8, 4) is 5.75 Å². The number of nitrogens with one attached hydrogen (secondary N) is 2. The van der Waals surface area contributed by atoms with Gasteiger partial charge in [0.25, 0.3) is 5.91 Å². The van der Waals surface area contributed by atoms with E-state index < -0.39 is 6.04 Å². The number of nitrogens with zero attached hydrogens (tertiary/aromatic N) is 1. The monoisotopic (exact) mass is 471 g/mol. The number of benzene rings is 3. The Morgan fingerprint density at radius 3 is 2.40 bits per heavy atom. The highest BCUT2D eigenvalue weighted by molar-refractivity contribution is 6.05. The molecule has 1 heterocycles. The predicted molar refractivity (Wildman–Crippen MR) is 133 cm³/mol. The summed E-state index contributed by atoms with van der Waals surface area (Å²) in [6.45, 7) is 2.07. The van der Waals surface area contributed by atoms with Gasteiger partial charge in [0.1, 0.15) is 11.8 Å². The Labute approximate surface area is 205 Å². The Morgan fingerprint density at radius 1 is 0.971 bits per heavy atom. The third-order valence-corrected chi connectivity index (χ3v) is 6.18. The van der Waals surface area contributed by atoms with Gasteiger partial charge in [-0.25, -0.2) is 0 Å². The van der Waals surface area contributed by atoms with Gasteiger partial charge in [0, 0.05) is 17.7 Å². The van der Waals surface area contributed by atoms with Gasteiger partial charge in [0.2, 0.25) is 11.8 Å². The van der Waals surface area contributed by atoms with E-state index in [2.05, 4.69) is 10.6 Å². The number of carbonyl (C=O) groups is 3. The van der Waals surface area contributed by atoms with Crippen LogP contribution in [0.3, 0.4) is 0 Å². The number of methoxy groups -OCH3 is 1. The molecule has 1 aliphatic heterocycles. The summed E-state index contributed by atoms with van der Waals surface area (Å²) in [6.07, 6.45) is 0.662. The van der Waals surface area contributed by atoms with Crippen LogP contribution in [-0.4, -0.2) is 36.3 Å². The van der Waals surface area contributed by atoms with Crippen molar-refractivity contribution in [1.29, 1.82) is 0 Å². The van der Waals surface area contributed by atoms with Crippen molar-refractivity contribution in [3.05, 3.63) is 101 Å². The predicted octanol–water partition coefficient (Wildman–Crippen LogP) is 3.78. The average Bonchev–Trinajstić information content (AvgIpc) is 3.17. The summed E-state index contributed by atoms with van der Waals surface area (Å²) in [6, 6.07) is 23.1. The lowest BCUT2D eigenvalue weighted by molar-refractivity contribution is -0.129. The zero-order valence-electron chi connectivity index (χ0n) is 19.9. The first kappa shape index (κ1) is 24.0. The van der Waals surface area contributed by atoms with E-state index in [0.717, 1.165) is 11.1 Å². The smallest absolute Gasteiger partial charge is 0.255 e. The summed E-state index contributed by atoms with van der Waals surface area (Å²) in [5.41, 5.74) is 2.95. The minimum absolute atomic E-state index is 0.198. The molecule has 180 valence electrons. The first-order valence-corrected chi connectivity index (χ1v) is 11.7. The van der Waals surface area contributed by atoms with Crippen LogP contribution in [0.5, 0.6) is 5.75 Å². The zero-order valence-corrected chi connectivity index (χ0v) is 19.9. The van der Waals surface area contributed by atoms with Gasteiger partial charge >= 0.3 is 0 Å². The van der Waals surface area contributed by atoms with Crippen LogP contribution in [0, 0.1) is 0 Å². The molecule has 0 saturated heterocycles. The molecule has 2 N–H and O–H groups in total. The van der Waals surface area contributed by atoms with Crippen LogP contribution in [-0.2, 0) is 16.1 Å². The van der Waals surface area contributed by atoms with E-state index in [1.54, 1.807) is 30.2 Å². The lowest BCUT2D eigenvalue weighted by atomic mass is 10.0. The standard InChI is InChI=1S/C28H29N3O4/c1-3-23(22-15-9-10-16-24(22)35-2)30-25(32)17-29-27(33)26-20-13-7-8-14-21(20)28(34)31(26)18-19-11-5-4-6-12-19/h4-16,23,26H,3,17-18H2,1-2H3,(H,29,33)(H,30,32). The summed E-state index contributed by atoms with van der Waals surface area (Å²) < 4.78 is 5.42. The van der Waals surface area contributed by atoms with E-state index in [4.69, 9.17) is 4.74 Å². The van der Waals surface area contributed by atoms with Crippen LogP contribution in [0.15, 0.2) is 78.9 Å². The minimum Gasteiger partial charge on any atom is -0.496 e. The van der Waals surface area contributed by atoms with E-state index in [-0.39, 0.29) is 30.3 Å². The van der Waals surface area contributed by atoms with Crippen molar-refractivity contribution in [1.82, 2.24) is 15.5 Å². The van der Waals surface area contributed by atoms with Gasteiger partial charge < -0.3 is 20.3 Å². The maximum absolute atomic E-state index is 13.3. The van der Waals surface area contributed by atoms with Crippen molar-refractivity contribution in [2.75, 3.05) is 13.7 Å². The minimum atomic E-state index is -0.803. The number of ether oxygens (including phenoxy) is 1. The number of para-hydroxylation sites is 1. The summed E-state index contributed by atoms with van der Waals surface area (Å²) >= 11 is 0. The van der Waals surface area contributed by atoms with Crippen LogP contribution in [0.2, 0.25) is 0 Å². The molecule has 35 heavy (non-hydrogen) atoms. The largest absolute Gasteiger partial charge is 0.496 e. The van der Waals surface area contributed by atoms with Crippen molar-refractivity contribution in [3.63, 3.8) is 0 Å². The molecule has 0 fully saturated rings. The highest BCUT2D eigenvalue weighted by Crippen LogP contribution is 2.35. The fraction of sp³-hybridized carbons (Fsp3) is 0.250. The molecule has 0 spiro atoms. The van der Waals surface area contributed by atoms with Crippen LogP contribution in [0.1, 0.15) is 52.5 Å². The van der Waals surface area contributed by atoms with Crippen molar-refractivity contribution < 1.29 is 19.1 Å². The van der Waals surface area contributed by atoms with Crippen LogP contribution < -0.4 is 15.4 Å². The summed E-state index contributed by atoms with van der Waals surface area (Å²) in [5.74, 6) is -0.208. The number of carbonyl (C=O) groups excluding carboxylic acids is 3. The second-order valence-corrected chi connectivity index (χ2v) is 8.40. The highest BCUT2D eigenvalue weighted by Gasteiger charge is 2.40. The Kier molecular flexibility index (Phi) is 7.45. The Bertz CT molecular complexity index is 1210. The molecule has 4 rings (SSSR count). The molecule has 0 saturated carbocycles. The summed E-state index contributed by atoms with van der Waals surface area (Å²) in [4.78, 5) is 40.7. The molecule has 7 nitrogen and oxygen atoms in total. The van der Waals surface area contributed by atoms with Crippen LogP contribution >= 0.6 is 0 Å². The van der Waals surface area contributed by atoms with E-state index in [1.165, 1.54) is 0 Å².